The van der Waals surface area contributed by atoms with Crippen LogP contribution < -0.4 is 5.32 Å². The second-order valence-electron chi connectivity index (χ2n) is 5.65. The molecule has 110 valence electrons. The first kappa shape index (κ1) is 15.2. The van der Waals surface area contributed by atoms with Crippen molar-refractivity contribution in [2.24, 2.45) is 11.8 Å². The van der Waals surface area contributed by atoms with Gasteiger partial charge in [-0.25, -0.2) is 4.39 Å². The van der Waals surface area contributed by atoms with Crippen molar-refractivity contribution in [3.63, 3.8) is 0 Å². The molecule has 3 heteroatoms. The summed E-state index contributed by atoms with van der Waals surface area (Å²) in [5.74, 6) is 1.03. The molecule has 0 saturated heterocycles. The molecule has 2 unspecified atom stereocenters. The minimum atomic E-state index is -0.179. The van der Waals surface area contributed by atoms with Crippen LogP contribution in [0, 0.1) is 17.7 Å². The predicted molar refractivity (Wildman–Crippen MR) is 79.8 cm³/mol. The van der Waals surface area contributed by atoms with Crippen LogP contribution in [-0.2, 0) is 17.9 Å². The zero-order valence-electron chi connectivity index (χ0n) is 12.4. The number of benzene rings is 1. The lowest BCUT2D eigenvalue weighted by Gasteiger charge is -2.25. The third-order valence-electron chi connectivity index (χ3n) is 4.00. The minimum absolute atomic E-state index is 0.179. The zero-order chi connectivity index (χ0) is 14.4. The first-order valence-corrected chi connectivity index (χ1v) is 7.35. The summed E-state index contributed by atoms with van der Waals surface area (Å²) in [5, 5.41) is 3.07. The summed E-state index contributed by atoms with van der Waals surface area (Å²) in [6.07, 6.45) is 6.66. The molecule has 0 heterocycles. The second kappa shape index (κ2) is 7.55. The van der Waals surface area contributed by atoms with Crippen LogP contribution in [0.15, 0.2) is 30.4 Å². The highest BCUT2D eigenvalue weighted by Crippen LogP contribution is 2.25. The third-order valence-corrected chi connectivity index (χ3v) is 4.00. The maximum Gasteiger partial charge on any atom is 0.128 e. The van der Waals surface area contributed by atoms with Gasteiger partial charge in [0.25, 0.3) is 0 Å². The molecule has 0 radical (unpaired) electrons. The molecule has 1 aromatic rings. The number of hydrogen-bond donors (Lipinski definition) is 1. The summed E-state index contributed by atoms with van der Waals surface area (Å²) in [6, 6.07) is 5.22. The number of hydrogen-bond acceptors (Lipinski definition) is 2. The van der Waals surface area contributed by atoms with Gasteiger partial charge in [0, 0.05) is 12.1 Å². The largest absolute Gasteiger partial charge is 0.376 e. The Kier molecular flexibility index (Phi) is 5.74. The maximum atomic E-state index is 13.7. The molecule has 1 aliphatic rings. The van der Waals surface area contributed by atoms with Crippen LogP contribution in [0.5, 0.6) is 0 Å². The van der Waals surface area contributed by atoms with Crippen molar-refractivity contribution in [3.8, 4) is 0 Å². The van der Waals surface area contributed by atoms with Crippen LogP contribution in [0.4, 0.5) is 4.39 Å². The average Bonchev–Trinajstić information content (AvgIpc) is 2.44. The minimum Gasteiger partial charge on any atom is -0.376 e. The molecule has 1 N–H and O–H groups in total. The SMILES string of the molecule is CNCc1ccc(F)c(COCC2CC=CCC2C)c1. The number of nitrogens with one attached hydrogen (secondary N) is 1. The van der Waals surface area contributed by atoms with Gasteiger partial charge >= 0.3 is 0 Å². The fourth-order valence-corrected chi connectivity index (χ4v) is 2.61. The Hall–Kier alpha value is -1.19. The van der Waals surface area contributed by atoms with Crippen LogP contribution in [0.3, 0.4) is 0 Å². The highest BCUT2D eigenvalue weighted by Gasteiger charge is 2.18. The van der Waals surface area contributed by atoms with Crippen molar-refractivity contribution in [3.05, 3.63) is 47.3 Å². The topological polar surface area (TPSA) is 21.3 Å². The van der Waals surface area contributed by atoms with E-state index >= 15 is 0 Å². The van der Waals surface area contributed by atoms with Gasteiger partial charge in [0.2, 0.25) is 0 Å². The quantitative estimate of drug-likeness (QED) is 0.801. The van der Waals surface area contributed by atoms with E-state index in [1.165, 1.54) is 6.07 Å². The van der Waals surface area contributed by atoms with Crippen LogP contribution in [0.1, 0.15) is 30.9 Å². The molecule has 0 bridgehead atoms. The summed E-state index contributed by atoms with van der Waals surface area (Å²) in [6.45, 7) is 4.07. The van der Waals surface area contributed by atoms with Gasteiger partial charge in [0.05, 0.1) is 13.2 Å². The van der Waals surface area contributed by atoms with E-state index in [0.29, 0.717) is 30.6 Å². The Bertz CT molecular complexity index is 458. The molecule has 1 aliphatic carbocycles. The number of ether oxygens (including phenoxy) is 1. The molecule has 20 heavy (non-hydrogen) atoms. The molecule has 0 amide bonds. The van der Waals surface area contributed by atoms with E-state index in [2.05, 4.69) is 24.4 Å². The fraction of sp³-hybridized carbons (Fsp3) is 0.529. The Morgan fingerprint density at radius 3 is 2.85 bits per heavy atom. The average molecular weight is 277 g/mol. The monoisotopic (exact) mass is 277 g/mol. The molecule has 1 aromatic carbocycles. The number of halogens is 1. The van der Waals surface area contributed by atoms with Crippen molar-refractivity contribution in [2.45, 2.75) is 32.9 Å². The van der Waals surface area contributed by atoms with Crippen molar-refractivity contribution < 1.29 is 9.13 Å². The Balaban J connectivity index is 1.87. The van der Waals surface area contributed by atoms with Gasteiger partial charge in [0.15, 0.2) is 0 Å². The van der Waals surface area contributed by atoms with Crippen LogP contribution in [-0.4, -0.2) is 13.7 Å². The van der Waals surface area contributed by atoms with Crippen molar-refractivity contribution in [2.75, 3.05) is 13.7 Å². The van der Waals surface area contributed by atoms with Crippen molar-refractivity contribution >= 4 is 0 Å². The van der Waals surface area contributed by atoms with E-state index in [-0.39, 0.29) is 5.82 Å². The van der Waals surface area contributed by atoms with E-state index < -0.39 is 0 Å². The molecular formula is C17H24FNO. The van der Waals surface area contributed by atoms with Crippen LogP contribution in [0.2, 0.25) is 0 Å². The van der Waals surface area contributed by atoms with Gasteiger partial charge in [0.1, 0.15) is 5.82 Å². The summed E-state index contributed by atoms with van der Waals surface area (Å²) in [7, 11) is 1.89. The highest BCUT2D eigenvalue weighted by atomic mass is 19.1. The van der Waals surface area contributed by atoms with Gasteiger partial charge in [-0.15, -0.1) is 0 Å². The molecular weight excluding hydrogens is 253 g/mol. The third kappa shape index (κ3) is 4.15. The normalized spacial score (nSPS) is 22.1. The lowest BCUT2D eigenvalue weighted by molar-refractivity contribution is 0.0664. The number of rotatable bonds is 6. The highest BCUT2D eigenvalue weighted by molar-refractivity contribution is 5.24. The zero-order valence-corrected chi connectivity index (χ0v) is 12.4. The molecule has 0 spiro atoms. The molecule has 2 rings (SSSR count). The lowest BCUT2D eigenvalue weighted by Crippen LogP contribution is -2.19. The Morgan fingerprint density at radius 2 is 2.10 bits per heavy atom. The van der Waals surface area contributed by atoms with Crippen molar-refractivity contribution in [1.29, 1.82) is 0 Å². The van der Waals surface area contributed by atoms with Crippen molar-refractivity contribution in [1.82, 2.24) is 5.32 Å². The van der Waals surface area contributed by atoms with E-state index in [4.69, 9.17) is 4.74 Å². The fourth-order valence-electron chi connectivity index (χ4n) is 2.61. The first-order valence-electron chi connectivity index (χ1n) is 7.35. The van der Waals surface area contributed by atoms with Gasteiger partial charge < -0.3 is 10.1 Å². The second-order valence-corrected chi connectivity index (χ2v) is 5.65. The van der Waals surface area contributed by atoms with Crippen LogP contribution in [0.25, 0.3) is 0 Å². The lowest BCUT2D eigenvalue weighted by atomic mass is 9.85. The summed E-state index contributed by atoms with van der Waals surface area (Å²) in [5.41, 5.74) is 1.73. The molecule has 2 nitrogen and oxygen atoms in total. The standard InChI is InChI=1S/C17H24FNO/c1-13-5-3-4-6-15(13)11-20-12-16-9-14(10-19-2)7-8-17(16)18/h3-4,7-9,13,15,19H,5-6,10-12H2,1-2H3. The summed E-state index contributed by atoms with van der Waals surface area (Å²) >= 11 is 0. The molecule has 0 aliphatic heterocycles. The van der Waals surface area contributed by atoms with E-state index in [1.54, 1.807) is 0 Å². The predicted octanol–water partition coefficient (Wildman–Crippen LogP) is 3.66. The molecule has 0 fully saturated rings. The van der Waals surface area contributed by atoms with Gasteiger partial charge in [-0.05, 0) is 49.4 Å². The van der Waals surface area contributed by atoms with E-state index in [9.17, 15) is 4.39 Å². The molecule has 0 aromatic heterocycles. The van der Waals surface area contributed by atoms with E-state index in [0.717, 1.165) is 24.9 Å². The molecule has 0 saturated carbocycles. The van der Waals surface area contributed by atoms with Gasteiger partial charge in [-0.1, -0.05) is 25.1 Å². The Labute approximate surface area is 121 Å². The number of allylic oxidation sites excluding steroid dienone is 2. The summed E-state index contributed by atoms with van der Waals surface area (Å²) in [4.78, 5) is 0. The van der Waals surface area contributed by atoms with Crippen LogP contribution >= 0.6 is 0 Å². The Morgan fingerprint density at radius 1 is 1.30 bits per heavy atom. The van der Waals surface area contributed by atoms with Gasteiger partial charge in [-0.2, -0.15) is 0 Å². The maximum absolute atomic E-state index is 13.7. The van der Waals surface area contributed by atoms with E-state index in [1.807, 2.05) is 19.2 Å². The smallest absolute Gasteiger partial charge is 0.128 e. The first-order chi connectivity index (χ1) is 9.70. The van der Waals surface area contributed by atoms with Gasteiger partial charge in [-0.3, -0.25) is 0 Å². The molecule has 2 atom stereocenters. The summed E-state index contributed by atoms with van der Waals surface area (Å²) < 4.78 is 19.5.